The molecule has 0 aromatic heterocycles. The highest BCUT2D eigenvalue weighted by molar-refractivity contribution is 8.00. The highest BCUT2D eigenvalue weighted by Crippen LogP contribution is 2.28. The van der Waals surface area contributed by atoms with Crippen molar-refractivity contribution in [2.24, 2.45) is 0 Å². The molecule has 0 heterocycles. The number of carbonyl (C=O) groups excluding carboxylic acids is 2. The molecule has 0 fully saturated rings. The molecule has 7 heteroatoms. The summed E-state index contributed by atoms with van der Waals surface area (Å²) in [4.78, 5) is 26.0. The number of nitrogens with one attached hydrogen (secondary N) is 2. The third-order valence-corrected chi connectivity index (χ3v) is 5.89. The van der Waals surface area contributed by atoms with Gasteiger partial charge in [-0.25, -0.2) is 0 Å². The summed E-state index contributed by atoms with van der Waals surface area (Å²) in [5.41, 5.74) is 2.79. The Bertz CT molecular complexity index is 1100. The van der Waals surface area contributed by atoms with Gasteiger partial charge < -0.3 is 15.4 Å². The van der Waals surface area contributed by atoms with Crippen LogP contribution in [0.15, 0.2) is 71.6 Å². The molecule has 31 heavy (non-hydrogen) atoms. The summed E-state index contributed by atoms with van der Waals surface area (Å²) in [7, 11) is 1.56. The Labute approximate surface area is 191 Å². The van der Waals surface area contributed by atoms with Crippen LogP contribution >= 0.6 is 23.4 Å². The summed E-state index contributed by atoms with van der Waals surface area (Å²) in [6, 6.07) is 19.7. The molecule has 3 aromatic carbocycles. The molecule has 3 aromatic rings. The Morgan fingerprint density at radius 2 is 1.77 bits per heavy atom. The number of thioether (sulfide) groups is 1. The highest BCUT2D eigenvalue weighted by Gasteiger charge is 2.16. The molecule has 2 amide bonds. The first-order valence-electron chi connectivity index (χ1n) is 9.65. The highest BCUT2D eigenvalue weighted by atomic mass is 35.5. The van der Waals surface area contributed by atoms with Crippen LogP contribution in [0.2, 0.25) is 5.02 Å². The van der Waals surface area contributed by atoms with Gasteiger partial charge in [-0.3, -0.25) is 9.59 Å². The molecule has 5 nitrogen and oxygen atoms in total. The number of benzene rings is 3. The fourth-order valence-electron chi connectivity index (χ4n) is 2.84. The van der Waals surface area contributed by atoms with Crippen LogP contribution in [0.5, 0.6) is 5.75 Å². The van der Waals surface area contributed by atoms with Crippen LogP contribution in [-0.4, -0.2) is 24.2 Å². The van der Waals surface area contributed by atoms with Gasteiger partial charge in [-0.15, -0.1) is 11.8 Å². The molecule has 0 saturated heterocycles. The first-order valence-corrected chi connectivity index (χ1v) is 10.9. The van der Waals surface area contributed by atoms with Crippen LogP contribution < -0.4 is 15.4 Å². The van der Waals surface area contributed by atoms with E-state index in [1.807, 2.05) is 44.2 Å². The minimum absolute atomic E-state index is 0.124. The number of hydrogen-bond acceptors (Lipinski definition) is 4. The summed E-state index contributed by atoms with van der Waals surface area (Å²) in [6.07, 6.45) is 0. The van der Waals surface area contributed by atoms with Crippen molar-refractivity contribution in [2.45, 2.75) is 24.0 Å². The molecule has 0 aliphatic heterocycles. The van der Waals surface area contributed by atoms with E-state index in [2.05, 4.69) is 10.6 Å². The fraction of sp³-hybridized carbons (Fsp3) is 0.167. The number of hydrogen-bond donors (Lipinski definition) is 2. The molecule has 0 aliphatic carbocycles. The van der Waals surface area contributed by atoms with Gasteiger partial charge >= 0.3 is 0 Å². The quantitative estimate of drug-likeness (QED) is 0.428. The number of ether oxygens (including phenoxy) is 1. The SMILES string of the molecule is COc1cccc(C(=O)Nc2cccc(SC(C)C(=O)Nc3cc(Cl)ccc3C)c2)c1. The summed E-state index contributed by atoms with van der Waals surface area (Å²) in [6.45, 7) is 3.75. The average molecular weight is 455 g/mol. The van der Waals surface area contributed by atoms with Crippen LogP contribution in [0.3, 0.4) is 0 Å². The zero-order chi connectivity index (χ0) is 22.4. The molecule has 0 spiro atoms. The molecule has 1 atom stereocenters. The topological polar surface area (TPSA) is 67.4 Å². The van der Waals surface area contributed by atoms with Gasteiger partial charge in [0.05, 0.1) is 12.4 Å². The predicted octanol–water partition coefficient (Wildman–Crippen LogP) is 6.03. The second kappa shape index (κ2) is 10.4. The van der Waals surface area contributed by atoms with Gasteiger partial charge in [0.2, 0.25) is 5.91 Å². The van der Waals surface area contributed by atoms with Crippen LogP contribution in [-0.2, 0) is 4.79 Å². The number of methoxy groups -OCH3 is 1. The number of carbonyl (C=O) groups is 2. The van der Waals surface area contributed by atoms with Gasteiger partial charge in [-0.1, -0.05) is 29.8 Å². The molecule has 0 bridgehead atoms. The largest absolute Gasteiger partial charge is 0.497 e. The van der Waals surface area contributed by atoms with Gasteiger partial charge in [0, 0.05) is 26.9 Å². The van der Waals surface area contributed by atoms with Crippen molar-refractivity contribution in [2.75, 3.05) is 17.7 Å². The number of aryl methyl sites for hydroxylation is 1. The second-order valence-electron chi connectivity index (χ2n) is 6.92. The van der Waals surface area contributed by atoms with Gasteiger partial charge in [0.15, 0.2) is 0 Å². The monoisotopic (exact) mass is 454 g/mol. The number of halogens is 1. The van der Waals surface area contributed by atoms with Crippen molar-refractivity contribution in [1.29, 1.82) is 0 Å². The number of anilines is 2. The van der Waals surface area contributed by atoms with Gasteiger partial charge in [0.1, 0.15) is 5.75 Å². The van der Waals surface area contributed by atoms with E-state index in [1.54, 1.807) is 43.5 Å². The maximum Gasteiger partial charge on any atom is 0.255 e. The van der Waals surface area contributed by atoms with Crippen molar-refractivity contribution >= 4 is 46.6 Å². The minimum atomic E-state index is -0.345. The second-order valence-corrected chi connectivity index (χ2v) is 8.77. The lowest BCUT2D eigenvalue weighted by atomic mass is 10.2. The third kappa shape index (κ3) is 6.26. The summed E-state index contributed by atoms with van der Waals surface area (Å²) >= 11 is 7.44. The van der Waals surface area contributed by atoms with Crippen molar-refractivity contribution < 1.29 is 14.3 Å². The third-order valence-electron chi connectivity index (χ3n) is 4.56. The van der Waals surface area contributed by atoms with Gasteiger partial charge in [-0.2, -0.15) is 0 Å². The molecule has 0 saturated carbocycles. The van der Waals surface area contributed by atoms with E-state index in [4.69, 9.17) is 16.3 Å². The lowest BCUT2D eigenvalue weighted by Crippen LogP contribution is -2.22. The Morgan fingerprint density at radius 1 is 1.00 bits per heavy atom. The predicted molar refractivity (Wildman–Crippen MR) is 128 cm³/mol. The summed E-state index contributed by atoms with van der Waals surface area (Å²) < 4.78 is 5.17. The molecule has 2 N–H and O–H groups in total. The van der Waals surface area contributed by atoms with Crippen molar-refractivity contribution in [1.82, 2.24) is 0 Å². The maximum absolute atomic E-state index is 12.6. The van der Waals surface area contributed by atoms with E-state index < -0.39 is 0 Å². The lowest BCUT2D eigenvalue weighted by Gasteiger charge is -2.14. The van der Waals surface area contributed by atoms with Gasteiger partial charge in [0.25, 0.3) is 5.91 Å². The lowest BCUT2D eigenvalue weighted by molar-refractivity contribution is -0.115. The molecule has 160 valence electrons. The van der Waals surface area contributed by atoms with Crippen LogP contribution in [0.1, 0.15) is 22.8 Å². The molecule has 3 rings (SSSR count). The van der Waals surface area contributed by atoms with Gasteiger partial charge in [-0.05, 0) is 67.9 Å². The minimum Gasteiger partial charge on any atom is -0.497 e. The Kier molecular flexibility index (Phi) is 7.60. The molecule has 0 radical (unpaired) electrons. The Morgan fingerprint density at radius 3 is 2.55 bits per heavy atom. The Balaban J connectivity index is 1.64. The molecule has 0 aliphatic rings. The smallest absolute Gasteiger partial charge is 0.255 e. The fourth-order valence-corrected chi connectivity index (χ4v) is 3.93. The maximum atomic E-state index is 12.6. The average Bonchev–Trinajstić information content (AvgIpc) is 2.76. The zero-order valence-corrected chi connectivity index (χ0v) is 19.0. The van der Waals surface area contributed by atoms with Crippen LogP contribution in [0.25, 0.3) is 0 Å². The first-order chi connectivity index (χ1) is 14.9. The van der Waals surface area contributed by atoms with E-state index in [1.165, 1.54) is 11.8 Å². The molecular weight excluding hydrogens is 432 g/mol. The van der Waals surface area contributed by atoms with Crippen molar-refractivity contribution in [3.63, 3.8) is 0 Å². The van der Waals surface area contributed by atoms with E-state index in [0.717, 1.165) is 10.5 Å². The van der Waals surface area contributed by atoms with Crippen LogP contribution in [0.4, 0.5) is 11.4 Å². The van der Waals surface area contributed by atoms with Crippen molar-refractivity contribution in [3.05, 3.63) is 82.9 Å². The summed E-state index contributed by atoms with van der Waals surface area (Å²) in [5.74, 6) is 0.260. The Hall–Kier alpha value is -2.96. The number of amides is 2. The van der Waals surface area contributed by atoms with E-state index >= 15 is 0 Å². The summed E-state index contributed by atoms with van der Waals surface area (Å²) in [5, 5.41) is 6.03. The standard InChI is InChI=1S/C24H23ClN2O3S/c1-15-10-11-18(25)13-22(15)27-23(28)16(2)31-21-9-5-7-19(14-21)26-24(29)17-6-4-8-20(12-17)30-3/h4-14,16H,1-3H3,(H,26,29)(H,27,28). The molecule has 1 unspecified atom stereocenters. The first kappa shape index (κ1) is 22.7. The van der Waals surface area contributed by atoms with E-state index in [-0.39, 0.29) is 17.1 Å². The molecular formula is C24H23ClN2O3S. The van der Waals surface area contributed by atoms with Crippen molar-refractivity contribution in [3.8, 4) is 5.75 Å². The number of rotatable bonds is 7. The van der Waals surface area contributed by atoms with E-state index in [0.29, 0.717) is 27.7 Å². The zero-order valence-electron chi connectivity index (χ0n) is 17.4. The van der Waals surface area contributed by atoms with E-state index in [9.17, 15) is 9.59 Å². The van der Waals surface area contributed by atoms with Crippen LogP contribution in [0, 0.1) is 6.92 Å². The normalized spacial score (nSPS) is 11.5.